The van der Waals surface area contributed by atoms with Crippen LogP contribution >= 0.6 is 27.3 Å². The van der Waals surface area contributed by atoms with Crippen molar-refractivity contribution in [3.05, 3.63) is 49.6 Å². The van der Waals surface area contributed by atoms with Gasteiger partial charge in [-0.25, -0.2) is 13.1 Å². The molecule has 7 heteroatoms. The Balaban J connectivity index is 2.27. The van der Waals surface area contributed by atoms with Crippen LogP contribution in [0.1, 0.15) is 21.6 Å². The fourth-order valence-corrected chi connectivity index (χ4v) is 4.79. The van der Waals surface area contributed by atoms with Crippen LogP contribution in [0.15, 0.2) is 32.9 Å². The third-order valence-corrected chi connectivity index (χ3v) is 6.39. The maximum Gasteiger partial charge on any atom is 0.241 e. The van der Waals surface area contributed by atoms with Gasteiger partial charge in [0.05, 0.1) is 11.5 Å². The number of hydrogen-bond acceptors (Lipinski definition) is 4. The molecule has 4 nitrogen and oxygen atoms in total. The summed E-state index contributed by atoms with van der Waals surface area (Å²) in [4.78, 5) is 1.14. The van der Waals surface area contributed by atoms with Gasteiger partial charge in [0.15, 0.2) is 0 Å². The molecule has 0 saturated carbocycles. The van der Waals surface area contributed by atoms with Gasteiger partial charge in [-0.15, -0.1) is 11.3 Å². The van der Waals surface area contributed by atoms with Crippen LogP contribution in [-0.2, 0) is 23.2 Å². The summed E-state index contributed by atoms with van der Waals surface area (Å²) in [6, 6.07) is 5.20. The summed E-state index contributed by atoms with van der Waals surface area (Å²) in [5.41, 5.74) is 2.18. The number of thiophene rings is 1. The molecule has 2 N–H and O–H groups in total. The number of halogens is 1. The first-order valence-electron chi connectivity index (χ1n) is 6.27. The van der Waals surface area contributed by atoms with E-state index < -0.39 is 10.0 Å². The largest absolute Gasteiger partial charge is 0.392 e. The second-order valence-electron chi connectivity index (χ2n) is 4.76. The number of benzene rings is 1. The molecule has 0 radical (unpaired) electrons. The van der Waals surface area contributed by atoms with Gasteiger partial charge in [0.1, 0.15) is 0 Å². The second-order valence-corrected chi connectivity index (χ2v) is 8.40. The van der Waals surface area contributed by atoms with Gasteiger partial charge in [-0.05, 0) is 58.6 Å². The van der Waals surface area contributed by atoms with E-state index in [4.69, 9.17) is 0 Å². The molecule has 0 aliphatic rings. The lowest BCUT2D eigenvalue weighted by molar-refractivity contribution is 0.280. The standard InChI is InChI=1S/C14H16BrNO3S2/c1-9-3-10(2)14(4-11(9)7-17)21(18,19)16-6-13-5-12(15)8-20-13/h3-5,8,16-17H,6-7H2,1-2H3. The van der Waals surface area contributed by atoms with Crippen molar-refractivity contribution in [2.75, 3.05) is 0 Å². The van der Waals surface area contributed by atoms with E-state index in [2.05, 4.69) is 20.7 Å². The topological polar surface area (TPSA) is 66.4 Å². The predicted molar refractivity (Wildman–Crippen MR) is 87.9 cm³/mol. The monoisotopic (exact) mass is 389 g/mol. The summed E-state index contributed by atoms with van der Waals surface area (Å²) >= 11 is 4.83. The first-order valence-corrected chi connectivity index (χ1v) is 9.42. The van der Waals surface area contributed by atoms with E-state index in [1.165, 1.54) is 17.4 Å². The number of aliphatic hydroxyl groups is 1. The maximum absolute atomic E-state index is 12.4. The summed E-state index contributed by atoms with van der Waals surface area (Å²) in [5.74, 6) is 0. The molecule has 0 aliphatic heterocycles. The van der Waals surface area contributed by atoms with Crippen LogP contribution in [0.5, 0.6) is 0 Å². The van der Waals surface area contributed by atoms with Crippen LogP contribution in [0.2, 0.25) is 0 Å². The van der Waals surface area contributed by atoms with Gasteiger partial charge in [0.25, 0.3) is 0 Å². The quantitative estimate of drug-likeness (QED) is 0.825. The lowest BCUT2D eigenvalue weighted by Gasteiger charge is -2.12. The Hall–Kier alpha value is -0.730. The van der Waals surface area contributed by atoms with Crippen molar-refractivity contribution in [2.45, 2.75) is 31.9 Å². The Bertz CT molecular complexity index is 754. The molecule has 0 unspecified atom stereocenters. The van der Waals surface area contributed by atoms with E-state index in [0.717, 1.165) is 14.9 Å². The van der Waals surface area contributed by atoms with Crippen molar-refractivity contribution in [3.8, 4) is 0 Å². The Kier molecular flexibility index (Phi) is 5.21. The molecular formula is C14H16BrNO3S2. The van der Waals surface area contributed by atoms with Gasteiger partial charge < -0.3 is 5.11 Å². The Morgan fingerprint density at radius 2 is 1.95 bits per heavy atom. The fourth-order valence-electron chi connectivity index (χ4n) is 2.02. The van der Waals surface area contributed by atoms with Crippen molar-refractivity contribution in [1.29, 1.82) is 0 Å². The van der Waals surface area contributed by atoms with Gasteiger partial charge in [-0.3, -0.25) is 0 Å². The van der Waals surface area contributed by atoms with Crippen molar-refractivity contribution >= 4 is 37.3 Å². The average Bonchev–Trinajstić information content (AvgIpc) is 2.82. The number of hydrogen-bond donors (Lipinski definition) is 2. The van der Waals surface area contributed by atoms with Crippen molar-refractivity contribution in [3.63, 3.8) is 0 Å². The molecule has 114 valence electrons. The van der Waals surface area contributed by atoms with E-state index in [0.29, 0.717) is 11.1 Å². The highest BCUT2D eigenvalue weighted by atomic mass is 79.9. The molecule has 21 heavy (non-hydrogen) atoms. The molecule has 0 spiro atoms. The predicted octanol–water partition coefficient (Wildman–Crippen LogP) is 3.10. The SMILES string of the molecule is Cc1cc(C)c(S(=O)(=O)NCc2cc(Br)cs2)cc1CO. The van der Waals surface area contributed by atoms with E-state index in [1.807, 2.05) is 18.4 Å². The van der Waals surface area contributed by atoms with Gasteiger partial charge in [-0.2, -0.15) is 0 Å². The van der Waals surface area contributed by atoms with E-state index in [-0.39, 0.29) is 18.0 Å². The van der Waals surface area contributed by atoms with Gasteiger partial charge in [0, 0.05) is 21.3 Å². The average molecular weight is 390 g/mol. The highest BCUT2D eigenvalue weighted by Crippen LogP contribution is 2.23. The fraction of sp³-hybridized carbons (Fsp3) is 0.286. The molecule has 0 bridgehead atoms. The normalized spacial score (nSPS) is 11.8. The molecule has 1 heterocycles. The van der Waals surface area contributed by atoms with Crippen LogP contribution in [-0.4, -0.2) is 13.5 Å². The summed E-state index contributed by atoms with van der Waals surface area (Å²) in [5, 5.41) is 11.2. The molecule has 0 aliphatic carbocycles. The molecule has 1 aromatic carbocycles. The summed E-state index contributed by atoms with van der Waals surface area (Å²) in [6.07, 6.45) is 0. The van der Waals surface area contributed by atoms with Crippen LogP contribution in [0, 0.1) is 13.8 Å². The highest BCUT2D eigenvalue weighted by Gasteiger charge is 2.18. The van der Waals surface area contributed by atoms with Gasteiger partial charge in [-0.1, -0.05) is 6.07 Å². The Labute approximate surface area is 137 Å². The minimum atomic E-state index is -3.60. The first kappa shape index (κ1) is 16.6. The zero-order valence-electron chi connectivity index (χ0n) is 11.7. The smallest absolute Gasteiger partial charge is 0.241 e. The Morgan fingerprint density at radius 3 is 2.52 bits per heavy atom. The van der Waals surface area contributed by atoms with Crippen LogP contribution in [0.3, 0.4) is 0 Å². The number of aryl methyl sites for hydroxylation is 2. The van der Waals surface area contributed by atoms with E-state index in [9.17, 15) is 13.5 Å². The first-order chi connectivity index (χ1) is 9.83. The summed E-state index contributed by atoms with van der Waals surface area (Å²) in [7, 11) is -3.60. The Morgan fingerprint density at radius 1 is 1.24 bits per heavy atom. The van der Waals surface area contributed by atoms with Crippen molar-refractivity contribution in [2.24, 2.45) is 0 Å². The summed E-state index contributed by atoms with van der Waals surface area (Å²) in [6.45, 7) is 3.68. The number of rotatable bonds is 5. The van der Waals surface area contributed by atoms with Gasteiger partial charge in [0.2, 0.25) is 10.0 Å². The molecule has 0 amide bonds. The molecule has 1 aromatic heterocycles. The second kappa shape index (κ2) is 6.58. The molecule has 0 saturated heterocycles. The maximum atomic E-state index is 12.4. The number of sulfonamides is 1. The molecule has 0 atom stereocenters. The number of nitrogens with one attached hydrogen (secondary N) is 1. The molecular weight excluding hydrogens is 374 g/mol. The van der Waals surface area contributed by atoms with Crippen LogP contribution in [0.4, 0.5) is 0 Å². The third-order valence-electron chi connectivity index (χ3n) is 3.15. The lowest BCUT2D eigenvalue weighted by Crippen LogP contribution is -2.24. The summed E-state index contributed by atoms with van der Waals surface area (Å²) < 4.78 is 28.4. The molecule has 2 aromatic rings. The van der Waals surface area contributed by atoms with Crippen molar-refractivity contribution in [1.82, 2.24) is 4.72 Å². The third kappa shape index (κ3) is 3.92. The minimum absolute atomic E-state index is 0.174. The zero-order chi connectivity index (χ0) is 15.6. The lowest BCUT2D eigenvalue weighted by atomic mass is 10.1. The minimum Gasteiger partial charge on any atom is -0.392 e. The van der Waals surface area contributed by atoms with E-state index in [1.54, 1.807) is 13.0 Å². The molecule has 2 rings (SSSR count). The van der Waals surface area contributed by atoms with Crippen molar-refractivity contribution < 1.29 is 13.5 Å². The highest BCUT2D eigenvalue weighted by molar-refractivity contribution is 9.10. The molecule has 0 fully saturated rings. The van der Waals surface area contributed by atoms with Crippen LogP contribution < -0.4 is 4.72 Å². The van der Waals surface area contributed by atoms with E-state index >= 15 is 0 Å². The zero-order valence-corrected chi connectivity index (χ0v) is 14.9. The van der Waals surface area contributed by atoms with Gasteiger partial charge >= 0.3 is 0 Å². The van der Waals surface area contributed by atoms with Crippen LogP contribution in [0.25, 0.3) is 0 Å². The number of aliphatic hydroxyl groups excluding tert-OH is 1.